The number of aromatic nitrogens is 1. The second-order valence-electron chi connectivity index (χ2n) is 3.98. The molecule has 0 saturated heterocycles. The summed E-state index contributed by atoms with van der Waals surface area (Å²) < 4.78 is 1.61. The third kappa shape index (κ3) is 2.72. The highest BCUT2D eigenvalue weighted by molar-refractivity contribution is 5.23. The molecule has 0 saturated carbocycles. The van der Waals surface area contributed by atoms with Crippen LogP contribution in [0, 0.1) is 22.7 Å². The van der Waals surface area contributed by atoms with Gasteiger partial charge in [-0.05, 0) is 17.5 Å². The Morgan fingerprint density at radius 1 is 0.889 bits per heavy atom. The predicted octanol–water partition coefficient (Wildman–Crippen LogP) is 2.15. The van der Waals surface area contributed by atoms with Crippen LogP contribution in [0.25, 0.3) is 0 Å². The average molecular weight is 234 g/mol. The number of hydrogen-bond acceptors (Lipinski definition) is 2. The Hall–Kier alpha value is -2.65. The molecule has 0 radical (unpaired) electrons. The minimum atomic E-state index is -0.754. The van der Waals surface area contributed by atoms with E-state index in [2.05, 4.69) is 12.1 Å². The number of pyridine rings is 1. The van der Waals surface area contributed by atoms with Gasteiger partial charge in [0.1, 0.15) is 0 Å². The zero-order valence-corrected chi connectivity index (χ0v) is 9.82. The Labute approximate surface area is 106 Å². The van der Waals surface area contributed by atoms with Crippen molar-refractivity contribution in [2.45, 2.75) is 12.5 Å². The number of rotatable bonds is 3. The summed E-state index contributed by atoms with van der Waals surface area (Å²) in [5.41, 5.74) is 2.40. The first-order valence-corrected chi connectivity index (χ1v) is 5.66. The molecule has 0 unspecified atom stereocenters. The van der Waals surface area contributed by atoms with Crippen LogP contribution in [0.1, 0.15) is 17.2 Å². The van der Waals surface area contributed by atoms with E-state index in [1.807, 2.05) is 42.5 Å². The quantitative estimate of drug-likeness (QED) is 0.764. The molecule has 0 bridgehead atoms. The molecule has 2 aromatic rings. The lowest BCUT2D eigenvalue weighted by molar-refractivity contribution is -0.697. The maximum atomic E-state index is 8.79. The average Bonchev–Trinajstić information content (AvgIpc) is 2.43. The fourth-order valence-corrected chi connectivity index (χ4v) is 1.75. The minimum Gasteiger partial charge on any atom is -0.190 e. The van der Waals surface area contributed by atoms with Gasteiger partial charge in [0.05, 0.1) is 0 Å². The highest BCUT2D eigenvalue weighted by atomic mass is 15.0. The molecule has 0 aliphatic heterocycles. The SMILES string of the molecule is N#CC(C#N)[n+]1ccc(Cc2ccccc2)cc1. The van der Waals surface area contributed by atoms with Crippen LogP contribution in [0.5, 0.6) is 0 Å². The molecule has 86 valence electrons. The van der Waals surface area contributed by atoms with Gasteiger partial charge < -0.3 is 0 Å². The van der Waals surface area contributed by atoms with Crippen LogP contribution in [0.2, 0.25) is 0 Å². The fraction of sp³-hybridized carbons (Fsp3) is 0.133. The zero-order valence-electron chi connectivity index (χ0n) is 9.82. The van der Waals surface area contributed by atoms with Crippen molar-refractivity contribution >= 4 is 0 Å². The van der Waals surface area contributed by atoms with Crippen LogP contribution in [0.4, 0.5) is 0 Å². The van der Waals surface area contributed by atoms with Crippen molar-refractivity contribution in [1.82, 2.24) is 0 Å². The molecule has 0 spiro atoms. The summed E-state index contributed by atoms with van der Waals surface area (Å²) in [7, 11) is 0. The molecule has 3 heteroatoms. The lowest BCUT2D eigenvalue weighted by atomic mass is 10.1. The Bertz CT molecular complexity index is 574. The smallest absolute Gasteiger partial charge is 0.190 e. The molecule has 18 heavy (non-hydrogen) atoms. The van der Waals surface area contributed by atoms with Gasteiger partial charge in [-0.25, -0.2) is 0 Å². The van der Waals surface area contributed by atoms with E-state index in [1.165, 1.54) is 5.56 Å². The van der Waals surface area contributed by atoms with Crippen LogP contribution in [-0.4, -0.2) is 0 Å². The largest absolute Gasteiger partial charge is 0.329 e. The summed E-state index contributed by atoms with van der Waals surface area (Å²) in [6.07, 6.45) is 4.40. The van der Waals surface area contributed by atoms with E-state index in [1.54, 1.807) is 17.0 Å². The van der Waals surface area contributed by atoms with E-state index in [0.717, 1.165) is 12.0 Å². The van der Waals surface area contributed by atoms with Gasteiger partial charge in [-0.2, -0.15) is 15.1 Å². The van der Waals surface area contributed by atoms with Gasteiger partial charge in [-0.3, -0.25) is 0 Å². The van der Waals surface area contributed by atoms with Crippen molar-refractivity contribution in [2.24, 2.45) is 0 Å². The summed E-state index contributed by atoms with van der Waals surface area (Å²) >= 11 is 0. The molecule has 1 aromatic carbocycles. The molecule has 1 heterocycles. The Morgan fingerprint density at radius 2 is 1.44 bits per heavy atom. The second kappa shape index (κ2) is 5.61. The van der Waals surface area contributed by atoms with E-state index in [-0.39, 0.29) is 0 Å². The van der Waals surface area contributed by atoms with Crippen molar-refractivity contribution in [3.05, 3.63) is 66.0 Å². The lowest BCUT2D eigenvalue weighted by Crippen LogP contribution is -2.36. The summed E-state index contributed by atoms with van der Waals surface area (Å²) in [5.74, 6) is 0. The summed E-state index contributed by atoms with van der Waals surface area (Å²) in [5, 5.41) is 17.6. The molecule has 0 fully saturated rings. The second-order valence-corrected chi connectivity index (χ2v) is 3.98. The standard InChI is InChI=1S/C15H12N3/c16-11-15(12-17)18-8-6-14(7-9-18)10-13-4-2-1-3-5-13/h1-9,15H,10H2/q+1. The highest BCUT2D eigenvalue weighted by Gasteiger charge is 2.15. The Balaban J connectivity index is 2.14. The predicted molar refractivity (Wildman–Crippen MR) is 66.1 cm³/mol. The van der Waals surface area contributed by atoms with Gasteiger partial charge in [-0.15, -0.1) is 0 Å². The zero-order chi connectivity index (χ0) is 12.8. The molecule has 3 nitrogen and oxygen atoms in total. The topological polar surface area (TPSA) is 51.5 Å². The van der Waals surface area contributed by atoms with Crippen molar-refractivity contribution in [3.63, 3.8) is 0 Å². The van der Waals surface area contributed by atoms with Crippen LogP contribution < -0.4 is 4.57 Å². The molecule has 0 aliphatic rings. The molecule has 0 amide bonds. The first-order chi connectivity index (χ1) is 8.83. The van der Waals surface area contributed by atoms with Gasteiger partial charge in [-0.1, -0.05) is 30.3 Å². The maximum absolute atomic E-state index is 8.79. The first-order valence-electron chi connectivity index (χ1n) is 5.66. The molecule has 2 rings (SSSR count). The van der Waals surface area contributed by atoms with Crippen LogP contribution in [0.15, 0.2) is 54.9 Å². The van der Waals surface area contributed by atoms with Gasteiger partial charge >= 0.3 is 6.04 Å². The first kappa shape index (κ1) is 11.8. The summed E-state index contributed by atoms with van der Waals surface area (Å²) in [6.45, 7) is 0. The van der Waals surface area contributed by atoms with Crippen molar-refractivity contribution < 1.29 is 4.57 Å². The van der Waals surface area contributed by atoms with E-state index >= 15 is 0 Å². The van der Waals surface area contributed by atoms with Crippen molar-refractivity contribution in [2.75, 3.05) is 0 Å². The molecule has 0 aliphatic carbocycles. The molecule has 1 aromatic heterocycles. The number of nitrogens with zero attached hydrogens (tertiary/aromatic N) is 3. The third-order valence-electron chi connectivity index (χ3n) is 2.72. The molecular weight excluding hydrogens is 222 g/mol. The van der Waals surface area contributed by atoms with Gasteiger partial charge in [0.15, 0.2) is 24.5 Å². The monoisotopic (exact) mass is 234 g/mol. The number of nitriles is 2. The molecule has 0 atom stereocenters. The number of hydrogen-bond donors (Lipinski definition) is 0. The van der Waals surface area contributed by atoms with Crippen LogP contribution in [0.3, 0.4) is 0 Å². The maximum Gasteiger partial charge on any atom is 0.329 e. The van der Waals surface area contributed by atoms with E-state index in [9.17, 15) is 0 Å². The van der Waals surface area contributed by atoms with Gasteiger partial charge in [0.25, 0.3) is 0 Å². The fourth-order valence-electron chi connectivity index (χ4n) is 1.75. The minimum absolute atomic E-state index is 0.754. The van der Waals surface area contributed by atoms with E-state index in [0.29, 0.717) is 0 Å². The van der Waals surface area contributed by atoms with Crippen molar-refractivity contribution in [3.8, 4) is 12.1 Å². The van der Waals surface area contributed by atoms with Crippen molar-refractivity contribution in [1.29, 1.82) is 10.5 Å². The van der Waals surface area contributed by atoms with E-state index < -0.39 is 6.04 Å². The van der Waals surface area contributed by atoms with Crippen LogP contribution >= 0.6 is 0 Å². The normalized spacial score (nSPS) is 9.72. The molecule has 0 N–H and O–H groups in total. The van der Waals surface area contributed by atoms with Gasteiger partial charge in [0, 0.05) is 12.1 Å². The summed E-state index contributed by atoms with van der Waals surface area (Å²) in [4.78, 5) is 0. The Morgan fingerprint density at radius 3 is 2.00 bits per heavy atom. The molecular formula is C15H12N3+. The summed E-state index contributed by atoms with van der Waals surface area (Å²) in [6, 6.07) is 17.2. The van der Waals surface area contributed by atoms with Gasteiger partial charge in [0.2, 0.25) is 0 Å². The van der Waals surface area contributed by atoms with Crippen LogP contribution in [-0.2, 0) is 6.42 Å². The highest BCUT2D eigenvalue weighted by Crippen LogP contribution is 2.07. The Kier molecular flexibility index (Phi) is 3.69. The lowest BCUT2D eigenvalue weighted by Gasteiger charge is -2.01. The van der Waals surface area contributed by atoms with E-state index in [4.69, 9.17) is 10.5 Å². The number of benzene rings is 1. The third-order valence-corrected chi connectivity index (χ3v) is 2.72.